The minimum absolute atomic E-state index is 0.0566. The molecule has 3 aliphatic rings. The molecule has 0 bridgehead atoms. The van der Waals surface area contributed by atoms with E-state index in [1.54, 1.807) is 11.0 Å². The third-order valence-corrected chi connectivity index (χ3v) is 8.97. The number of rotatable bonds is 5. The van der Waals surface area contributed by atoms with Crippen LogP contribution in [-0.2, 0) is 14.3 Å². The van der Waals surface area contributed by atoms with E-state index in [1.165, 1.54) is 6.07 Å². The second kappa shape index (κ2) is 15.2. The summed E-state index contributed by atoms with van der Waals surface area (Å²) in [5.74, 6) is -1.13. The number of likely N-dealkylation sites (N-methyl/N-ethyl adjacent to an activating group) is 2. The first kappa shape index (κ1) is 33.0. The minimum atomic E-state index is -0.861. The molecular formula is C33H49FN4O5. The Kier molecular flexibility index (Phi) is 11.6. The number of amides is 1. The maximum Gasteiger partial charge on any atom is 0.410 e. The molecule has 1 aromatic carbocycles. The number of ether oxygens (including phenoxy) is 2. The van der Waals surface area contributed by atoms with E-state index in [0.29, 0.717) is 37.5 Å². The molecule has 3 aliphatic heterocycles. The van der Waals surface area contributed by atoms with Crippen LogP contribution in [0.15, 0.2) is 35.9 Å². The van der Waals surface area contributed by atoms with Gasteiger partial charge in [-0.05, 0) is 81.6 Å². The van der Waals surface area contributed by atoms with E-state index in [0.717, 1.165) is 43.9 Å². The van der Waals surface area contributed by atoms with Crippen molar-refractivity contribution < 1.29 is 28.6 Å². The topological polar surface area (TPSA) is 94.6 Å². The number of nitrogens with zero attached hydrogens (tertiary/aromatic N) is 3. The second-order valence-electron chi connectivity index (χ2n) is 12.6. The molecule has 1 amide bonds. The van der Waals surface area contributed by atoms with E-state index in [2.05, 4.69) is 15.1 Å². The minimum Gasteiger partial charge on any atom is -0.457 e. The fourth-order valence-corrected chi connectivity index (χ4v) is 6.07. The summed E-state index contributed by atoms with van der Waals surface area (Å²) in [6.07, 6.45) is 5.19. The number of aliphatic hydroxyl groups is 1. The molecular weight excluding hydrogens is 551 g/mol. The van der Waals surface area contributed by atoms with Gasteiger partial charge in [-0.1, -0.05) is 26.0 Å². The Bertz CT molecular complexity index is 1170. The standard InChI is InChI=1S/C33H49FN4O5/c1-22-6-8-29(39)20-31(40)43-32(23(2)7-9-30(22)42-33(41)37-14-12-36(5)13-15-37)24(3)16-25-17-26(34)19-28(18-25)38-11-10-27(21-38)35-4/h7,9,16-19,22-23,27,29-30,32,35,39H,6,8,10-15,20-21H2,1-5H3/b9-7+,24-16+/t22-,23-,27+,29+,30-,32-/m0/s1. The predicted molar refractivity (Wildman–Crippen MR) is 166 cm³/mol. The van der Waals surface area contributed by atoms with Gasteiger partial charge >= 0.3 is 12.1 Å². The number of benzene rings is 1. The molecule has 0 radical (unpaired) electrons. The van der Waals surface area contributed by atoms with Crippen LogP contribution in [-0.4, -0.2) is 105 Å². The SMILES string of the molecule is CN[C@@H]1CCN(c2cc(F)cc(/C=C(\C)[C@H]3OC(=O)C[C@H](O)CC[C@H](C)[C@@H](OC(=O)N4CCN(C)CC4)/C=C/[C@@H]3C)c2)C1. The lowest BCUT2D eigenvalue weighted by Crippen LogP contribution is -2.48. The summed E-state index contributed by atoms with van der Waals surface area (Å²) >= 11 is 0. The van der Waals surface area contributed by atoms with Gasteiger partial charge in [-0.15, -0.1) is 0 Å². The molecule has 0 saturated carbocycles. The Balaban J connectivity index is 1.55. The number of piperazine rings is 1. The van der Waals surface area contributed by atoms with Crippen molar-refractivity contribution in [1.82, 2.24) is 15.1 Å². The normalized spacial score (nSPS) is 30.8. The van der Waals surface area contributed by atoms with Crippen molar-refractivity contribution in [3.63, 3.8) is 0 Å². The van der Waals surface area contributed by atoms with E-state index in [1.807, 2.05) is 59.2 Å². The summed E-state index contributed by atoms with van der Waals surface area (Å²) in [5.41, 5.74) is 2.26. The van der Waals surface area contributed by atoms with Gasteiger partial charge in [0.05, 0.1) is 12.5 Å². The third-order valence-electron chi connectivity index (χ3n) is 8.97. The average molecular weight is 601 g/mol. The van der Waals surface area contributed by atoms with Crippen molar-refractivity contribution in [2.45, 2.75) is 70.8 Å². The van der Waals surface area contributed by atoms with Crippen LogP contribution in [0.3, 0.4) is 0 Å². The van der Waals surface area contributed by atoms with Crippen LogP contribution in [0, 0.1) is 17.7 Å². The number of carbonyl (C=O) groups excluding carboxylic acids is 2. The van der Waals surface area contributed by atoms with Crippen LogP contribution in [0.5, 0.6) is 0 Å². The maximum absolute atomic E-state index is 14.7. The predicted octanol–water partition coefficient (Wildman–Crippen LogP) is 4.06. The molecule has 3 heterocycles. The van der Waals surface area contributed by atoms with Crippen molar-refractivity contribution in [3.8, 4) is 0 Å². The molecule has 2 fully saturated rings. The zero-order chi connectivity index (χ0) is 31.1. The Morgan fingerprint density at radius 2 is 1.84 bits per heavy atom. The molecule has 0 aliphatic carbocycles. The molecule has 6 atom stereocenters. The molecule has 9 nitrogen and oxygen atoms in total. The summed E-state index contributed by atoms with van der Waals surface area (Å²) in [6, 6.07) is 5.37. The van der Waals surface area contributed by atoms with Crippen molar-refractivity contribution >= 4 is 23.8 Å². The molecule has 238 valence electrons. The van der Waals surface area contributed by atoms with Crippen LogP contribution >= 0.6 is 0 Å². The highest BCUT2D eigenvalue weighted by atomic mass is 19.1. The van der Waals surface area contributed by atoms with E-state index >= 15 is 0 Å². The molecule has 4 rings (SSSR count). The summed E-state index contributed by atoms with van der Waals surface area (Å²) in [4.78, 5) is 32.0. The van der Waals surface area contributed by atoms with Gasteiger partial charge in [-0.2, -0.15) is 0 Å². The second-order valence-corrected chi connectivity index (χ2v) is 12.6. The molecule has 0 spiro atoms. The van der Waals surface area contributed by atoms with Crippen LogP contribution in [0.25, 0.3) is 6.08 Å². The summed E-state index contributed by atoms with van der Waals surface area (Å²) in [6.45, 7) is 10.3. The number of halogens is 1. The van der Waals surface area contributed by atoms with Crippen molar-refractivity contribution in [2.24, 2.45) is 11.8 Å². The monoisotopic (exact) mass is 600 g/mol. The van der Waals surface area contributed by atoms with Crippen LogP contribution in [0.1, 0.15) is 52.0 Å². The molecule has 43 heavy (non-hydrogen) atoms. The number of hydrogen-bond acceptors (Lipinski definition) is 8. The number of hydrogen-bond donors (Lipinski definition) is 2. The first-order chi connectivity index (χ1) is 20.5. The first-order valence-corrected chi connectivity index (χ1v) is 15.6. The van der Waals surface area contributed by atoms with Gasteiger partial charge in [0.15, 0.2) is 0 Å². The smallest absolute Gasteiger partial charge is 0.410 e. The summed E-state index contributed by atoms with van der Waals surface area (Å²) in [7, 11) is 3.98. The van der Waals surface area contributed by atoms with E-state index < -0.39 is 24.3 Å². The summed E-state index contributed by atoms with van der Waals surface area (Å²) in [5, 5.41) is 13.9. The highest BCUT2D eigenvalue weighted by Gasteiger charge is 2.29. The van der Waals surface area contributed by atoms with Crippen molar-refractivity contribution in [3.05, 3.63) is 47.3 Å². The van der Waals surface area contributed by atoms with E-state index in [4.69, 9.17) is 9.47 Å². The Hall–Kier alpha value is -2.95. The summed E-state index contributed by atoms with van der Waals surface area (Å²) < 4.78 is 26.7. The van der Waals surface area contributed by atoms with Crippen LogP contribution in [0.4, 0.5) is 14.9 Å². The Morgan fingerprint density at radius 1 is 1.09 bits per heavy atom. The number of anilines is 1. The zero-order valence-electron chi connectivity index (χ0n) is 26.3. The molecule has 2 saturated heterocycles. The van der Waals surface area contributed by atoms with E-state index in [9.17, 15) is 19.1 Å². The highest BCUT2D eigenvalue weighted by Crippen LogP contribution is 2.28. The lowest BCUT2D eigenvalue weighted by molar-refractivity contribution is -0.151. The maximum atomic E-state index is 14.7. The number of aliphatic hydroxyl groups excluding tert-OH is 1. The molecule has 0 unspecified atom stereocenters. The molecule has 1 aromatic rings. The fourth-order valence-electron chi connectivity index (χ4n) is 6.07. The van der Waals surface area contributed by atoms with Gasteiger partial charge in [0.1, 0.15) is 18.0 Å². The van der Waals surface area contributed by atoms with Crippen LogP contribution in [0.2, 0.25) is 0 Å². The molecule has 0 aromatic heterocycles. The number of carbonyl (C=O) groups is 2. The van der Waals surface area contributed by atoms with Crippen molar-refractivity contribution in [2.75, 3.05) is 58.3 Å². The molecule has 2 N–H and O–H groups in total. The first-order valence-electron chi connectivity index (χ1n) is 15.6. The average Bonchev–Trinajstić information content (AvgIpc) is 3.45. The fraction of sp³-hybridized carbons (Fsp3) is 0.636. The van der Waals surface area contributed by atoms with Gasteiger partial charge < -0.3 is 34.6 Å². The van der Waals surface area contributed by atoms with Crippen molar-refractivity contribution in [1.29, 1.82) is 0 Å². The zero-order valence-corrected chi connectivity index (χ0v) is 26.3. The highest BCUT2D eigenvalue weighted by molar-refractivity contribution is 5.71. The van der Waals surface area contributed by atoms with Gasteiger partial charge in [0, 0.05) is 56.9 Å². The van der Waals surface area contributed by atoms with Gasteiger partial charge in [-0.25, -0.2) is 9.18 Å². The number of esters is 1. The van der Waals surface area contributed by atoms with Crippen LogP contribution < -0.4 is 10.2 Å². The van der Waals surface area contributed by atoms with Gasteiger partial charge in [0.2, 0.25) is 0 Å². The lowest BCUT2D eigenvalue weighted by atomic mass is 9.91. The molecule has 10 heteroatoms. The quantitative estimate of drug-likeness (QED) is 0.386. The largest absolute Gasteiger partial charge is 0.457 e. The Labute approximate surface area is 255 Å². The van der Waals surface area contributed by atoms with Gasteiger partial charge in [-0.3, -0.25) is 4.79 Å². The third kappa shape index (κ3) is 9.27. The number of cyclic esters (lactones) is 1. The van der Waals surface area contributed by atoms with Gasteiger partial charge in [0.25, 0.3) is 0 Å². The number of nitrogens with one attached hydrogen (secondary N) is 1. The Morgan fingerprint density at radius 3 is 2.53 bits per heavy atom. The lowest BCUT2D eigenvalue weighted by Gasteiger charge is -2.33. The van der Waals surface area contributed by atoms with E-state index in [-0.39, 0.29) is 30.2 Å².